The van der Waals surface area contributed by atoms with Crippen LogP contribution in [0.5, 0.6) is 0 Å². The van der Waals surface area contributed by atoms with Gasteiger partial charge in [-0.2, -0.15) is 4.31 Å². The number of aryl methyl sites for hydroxylation is 1. The van der Waals surface area contributed by atoms with E-state index in [1.807, 2.05) is 41.1 Å². The lowest BCUT2D eigenvalue weighted by Crippen LogP contribution is -2.40. The summed E-state index contributed by atoms with van der Waals surface area (Å²) in [6.07, 6.45) is 6.01. The first-order valence-corrected chi connectivity index (χ1v) is 10.8. The van der Waals surface area contributed by atoms with Gasteiger partial charge in [-0.3, -0.25) is 4.79 Å². The lowest BCUT2D eigenvalue weighted by Gasteiger charge is -2.22. The van der Waals surface area contributed by atoms with Crippen molar-refractivity contribution in [1.82, 2.24) is 19.2 Å². The first-order chi connectivity index (χ1) is 14.1. The number of rotatable bonds is 10. The Morgan fingerprint density at radius 3 is 2.38 bits per heavy atom. The van der Waals surface area contributed by atoms with Crippen molar-refractivity contribution in [2.75, 3.05) is 13.1 Å². The van der Waals surface area contributed by atoms with Gasteiger partial charge in [0.15, 0.2) is 0 Å². The van der Waals surface area contributed by atoms with Crippen LogP contribution in [0.1, 0.15) is 12.0 Å². The van der Waals surface area contributed by atoms with E-state index in [-0.39, 0.29) is 23.9 Å². The summed E-state index contributed by atoms with van der Waals surface area (Å²) in [7, 11) is -3.80. The van der Waals surface area contributed by atoms with Crippen LogP contribution in [0.3, 0.4) is 0 Å². The maximum atomic E-state index is 13.1. The summed E-state index contributed by atoms with van der Waals surface area (Å²) in [5.74, 6) is -0.328. The van der Waals surface area contributed by atoms with Gasteiger partial charge in [0.25, 0.3) is 0 Å². The van der Waals surface area contributed by atoms with Gasteiger partial charge >= 0.3 is 0 Å². The van der Waals surface area contributed by atoms with E-state index >= 15 is 0 Å². The second-order valence-corrected chi connectivity index (χ2v) is 8.51. The van der Waals surface area contributed by atoms with Crippen LogP contribution in [0.4, 0.5) is 0 Å². The minimum atomic E-state index is -3.80. The van der Waals surface area contributed by atoms with Crippen molar-refractivity contribution in [3.05, 3.63) is 84.9 Å². The van der Waals surface area contributed by atoms with E-state index in [1.54, 1.807) is 30.7 Å². The second-order valence-electron chi connectivity index (χ2n) is 6.58. The van der Waals surface area contributed by atoms with Gasteiger partial charge in [-0.05, 0) is 24.1 Å². The van der Waals surface area contributed by atoms with Gasteiger partial charge in [0.2, 0.25) is 15.9 Å². The fourth-order valence-electron chi connectivity index (χ4n) is 2.88. The van der Waals surface area contributed by atoms with E-state index in [4.69, 9.17) is 0 Å². The molecule has 0 spiro atoms. The van der Waals surface area contributed by atoms with Gasteiger partial charge < -0.3 is 9.88 Å². The van der Waals surface area contributed by atoms with Crippen LogP contribution in [0, 0.1) is 0 Å². The van der Waals surface area contributed by atoms with Gasteiger partial charge in [0, 0.05) is 32.0 Å². The predicted octanol–water partition coefficient (Wildman–Crippen LogP) is 2.28. The largest absolute Gasteiger partial charge is 0.355 e. The van der Waals surface area contributed by atoms with Crippen molar-refractivity contribution in [2.45, 2.75) is 24.4 Å². The van der Waals surface area contributed by atoms with Crippen molar-refractivity contribution < 1.29 is 13.2 Å². The Kier molecular flexibility index (Phi) is 7.15. The number of nitrogens with one attached hydrogen (secondary N) is 1. The van der Waals surface area contributed by atoms with Gasteiger partial charge in [-0.15, -0.1) is 0 Å². The molecule has 152 valence electrons. The zero-order valence-corrected chi connectivity index (χ0v) is 16.8. The third kappa shape index (κ3) is 6.00. The average molecular weight is 413 g/mol. The molecule has 0 saturated heterocycles. The van der Waals surface area contributed by atoms with E-state index in [0.29, 0.717) is 6.54 Å². The van der Waals surface area contributed by atoms with E-state index in [0.717, 1.165) is 18.5 Å². The topological polar surface area (TPSA) is 84.3 Å². The number of amides is 1. The van der Waals surface area contributed by atoms with E-state index in [9.17, 15) is 13.2 Å². The number of sulfonamides is 1. The summed E-state index contributed by atoms with van der Waals surface area (Å²) < 4.78 is 29.3. The van der Waals surface area contributed by atoms with E-state index < -0.39 is 10.0 Å². The van der Waals surface area contributed by atoms with Crippen LogP contribution in [-0.4, -0.2) is 41.3 Å². The molecule has 2 aromatic carbocycles. The number of hydrogen-bond donors (Lipinski definition) is 1. The van der Waals surface area contributed by atoms with Gasteiger partial charge in [-0.1, -0.05) is 48.5 Å². The molecule has 3 aromatic rings. The Bertz CT molecular complexity index is 991. The molecule has 0 fully saturated rings. The summed E-state index contributed by atoms with van der Waals surface area (Å²) in [4.78, 5) is 16.6. The number of imidazole rings is 1. The van der Waals surface area contributed by atoms with Crippen LogP contribution < -0.4 is 5.32 Å². The quantitative estimate of drug-likeness (QED) is 0.518. The molecule has 3 rings (SSSR count). The molecule has 1 heterocycles. The number of carbonyl (C=O) groups is 1. The fourth-order valence-corrected chi connectivity index (χ4v) is 4.28. The third-order valence-electron chi connectivity index (χ3n) is 4.38. The lowest BCUT2D eigenvalue weighted by atomic mass is 10.2. The smallest absolute Gasteiger partial charge is 0.243 e. The number of aromatic nitrogens is 2. The number of hydrogen-bond acceptors (Lipinski definition) is 4. The van der Waals surface area contributed by atoms with Gasteiger partial charge in [-0.25, -0.2) is 13.4 Å². The van der Waals surface area contributed by atoms with Crippen molar-refractivity contribution in [3.8, 4) is 0 Å². The highest BCUT2D eigenvalue weighted by Gasteiger charge is 2.26. The fraction of sp³-hybridized carbons (Fsp3) is 0.238. The highest BCUT2D eigenvalue weighted by atomic mass is 32.2. The van der Waals surface area contributed by atoms with Gasteiger partial charge in [0.05, 0.1) is 17.8 Å². The third-order valence-corrected chi connectivity index (χ3v) is 6.18. The van der Waals surface area contributed by atoms with Crippen LogP contribution >= 0.6 is 0 Å². The molecule has 7 nitrogen and oxygen atoms in total. The molecule has 0 aliphatic carbocycles. The molecule has 1 aromatic heterocycles. The van der Waals surface area contributed by atoms with Crippen molar-refractivity contribution >= 4 is 15.9 Å². The van der Waals surface area contributed by atoms with E-state index in [1.165, 1.54) is 16.4 Å². The summed E-state index contributed by atoms with van der Waals surface area (Å²) >= 11 is 0. The zero-order chi connectivity index (χ0) is 20.5. The Morgan fingerprint density at radius 1 is 1.03 bits per heavy atom. The Morgan fingerprint density at radius 2 is 1.72 bits per heavy atom. The lowest BCUT2D eigenvalue weighted by molar-refractivity contribution is -0.121. The minimum absolute atomic E-state index is 0.126. The van der Waals surface area contributed by atoms with Crippen molar-refractivity contribution in [2.24, 2.45) is 0 Å². The molecule has 0 unspecified atom stereocenters. The second kappa shape index (κ2) is 9.99. The highest BCUT2D eigenvalue weighted by Crippen LogP contribution is 2.18. The molecule has 8 heteroatoms. The van der Waals surface area contributed by atoms with E-state index in [2.05, 4.69) is 10.3 Å². The standard InChI is InChI=1S/C21H24N4O3S/c26-21(23-12-7-14-24-15-13-22-18-24)17-25(16-19-8-3-1-4-9-19)29(27,28)20-10-5-2-6-11-20/h1-6,8-11,13,15,18H,7,12,14,16-17H2,(H,23,26). The number of carbonyl (C=O) groups excluding carboxylic acids is 1. The number of nitrogens with zero attached hydrogens (tertiary/aromatic N) is 3. The molecule has 0 atom stereocenters. The predicted molar refractivity (Wildman–Crippen MR) is 110 cm³/mol. The SMILES string of the molecule is O=C(CN(Cc1ccccc1)S(=O)(=O)c1ccccc1)NCCCn1ccnc1. The molecule has 0 aliphatic rings. The molecular formula is C21H24N4O3S. The first kappa shape index (κ1) is 20.8. The summed E-state index contributed by atoms with van der Waals surface area (Å²) in [6.45, 7) is 1.08. The average Bonchev–Trinajstić information content (AvgIpc) is 3.26. The van der Waals surface area contributed by atoms with Crippen LogP contribution in [-0.2, 0) is 27.9 Å². The Hall–Kier alpha value is -2.97. The van der Waals surface area contributed by atoms with Crippen molar-refractivity contribution in [1.29, 1.82) is 0 Å². The summed E-state index contributed by atoms with van der Waals surface area (Å²) in [6, 6.07) is 17.4. The normalized spacial score (nSPS) is 11.5. The maximum Gasteiger partial charge on any atom is 0.243 e. The first-order valence-electron chi connectivity index (χ1n) is 9.37. The summed E-state index contributed by atoms with van der Waals surface area (Å²) in [5, 5.41) is 2.81. The maximum absolute atomic E-state index is 13.1. The monoisotopic (exact) mass is 412 g/mol. The molecule has 1 N–H and O–H groups in total. The van der Waals surface area contributed by atoms with Crippen LogP contribution in [0.2, 0.25) is 0 Å². The number of benzene rings is 2. The van der Waals surface area contributed by atoms with Crippen LogP contribution in [0.15, 0.2) is 84.3 Å². The summed E-state index contributed by atoms with van der Waals surface area (Å²) in [5.41, 5.74) is 0.819. The van der Waals surface area contributed by atoms with Crippen LogP contribution in [0.25, 0.3) is 0 Å². The molecular weight excluding hydrogens is 388 g/mol. The van der Waals surface area contributed by atoms with Gasteiger partial charge in [0.1, 0.15) is 0 Å². The molecule has 0 saturated carbocycles. The molecule has 0 aliphatic heterocycles. The molecule has 1 amide bonds. The Labute approximate surface area is 171 Å². The van der Waals surface area contributed by atoms with Crippen molar-refractivity contribution in [3.63, 3.8) is 0 Å². The minimum Gasteiger partial charge on any atom is -0.355 e. The zero-order valence-electron chi connectivity index (χ0n) is 16.0. The molecule has 0 radical (unpaired) electrons. The Balaban J connectivity index is 1.65. The highest BCUT2D eigenvalue weighted by molar-refractivity contribution is 7.89. The molecule has 29 heavy (non-hydrogen) atoms. The molecule has 0 bridgehead atoms.